The van der Waals surface area contributed by atoms with Crippen LogP contribution in [0.4, 0.5) is 0 Å². The molecule has 0 aliphatic heterocycles. The second kappa shape index (κ2) is 7.66. The fourth-order valence-electron chi connectivity index (χ4n) is 3.88. The van der Waals surface area contributed by atoms with Crippen molar-refractivity contribution in [1.82, 2.24) is 18.8 Å². The minimum atomic E-state index is -3.45. The summed E-state index contributed by atoms with van der Waals surface area (Å²) < 4.78 is 28.2. The van der Waals surface area contributed by atoms with Crippen molar-refractivity contribution in [3.63, 3.8) is 0 Å². The molecule has 0 N–H and O–H groups in total. The lowest BCUT2D eigenvalue weighted by molar-refractivity contribution is 0.179. The van der Waals surface area contributed by atoms with Gasteiger partial charge >= 0.3 is 0 Å². The Morgan fingerprint density at radius 3 is 2.46 bits per heavy atom. The van der Waals surface area contributed by atoms with Gasteiger partial charge in [0.15, 0.2) is 0 Å². The molecular weight excluding hydrogens is 348 g/mol. The molecule has 6 nitrogen and oxygen atoms in total. The second-order valence-electron chi connectivity index (χ2n) is 7.42. The van der Waals surface area contributed by atoms with Crippen LogP contribution >= 0.6 is 0 Å². The van der Waals surface area contributed by atoms with E-state index >= 15 is 0 Å². The topological polar surface area (TPSA) is 58.4 Å². The summed E-state index contributed by atoms with van der Waals surface area (Å²) in [5.41, 5.74) is 1.75. The Morgan fingerprint density at radius 1 is 1.15 bits per heavy atom. The molecule has 7 heteroatoms. The molecule has 3 rings (SSSR count). The third-order valence-corrected chi connectivity index (χ3v) is 7.29. The van der Waals surface area contributed by atoms with Crippen molar-refractivity contribution in [3.05, 3.63) is 24.0 Å². The van der Waals surface area contributed by atoms with Gasteiger partial charge in [0.05, 0.1) is 22.5 Å². The first-order valence-electron chi connectivity index (χ1n) is 9.46. The lowest BCUT2D eigenvalue weighted by Crippen LogP contribution is -2.33. The van der Waals surface area contributed by atoms with Crippen LogP contribution < -0.4 is 0 Å². The monoisotopic (exact) mass is 378 g/mol. The highest BCUT2D eigenvalue weighted by molar-refractivity contribution is 7.89. The average molecular weight is 379 g/mol. The molecule has 1 aliphatic rings. The van der Waals surface area contributed by atoms with E-state index in [0.717, 1.165) is 29.9 Å². The number of hydrogen-bond acceptors (Lipinski definition) is 4. The smallest absolute Gasteiger partial charge is 0.242 e. The Kier molecular flexibility index (Phi) is 5.69. The first-order valence-corrected chi connectivity index (χ1v) is 10.9. The molecule has 144 valence electrons. The third-order valence-electron chi connectivity index (χ3n) is 5.48. The zero-order valence-corrected chi connectivity index (χ0v) is 17.1. The number of rotatable bonds is 6. The number of hydrogen-bond donors (Lipinski definition) is 0. The van der Waals surface area contributed by atoms with Crippen LogP contribution in [-0.2, 0) is 23.1 Å². The molecule has 0 radical (unpaired) electrons. The Balaban J connectivity index is 1.93. The number of imidazole rings is 1. The average Bonchev–Trinajstić information content (AvgIpc) is 2.98. The Morgan fingerprint density at radius 2 is 1.85 bits per heavy atom. The van der Waals surface area contributed by atoms with E-state index in [9.17, 15) is 8.42 Å². The minimum Gasteiger partial charge on any atom is -0.327 e. The van der Waals surface area contributed by atoms with Gasteiger partial charge in [-0.2, -0.15) is 0 Å². The molecule has 1 fully saturated rings. The fourth-order valence-corrected chi connectivity index (χ4v) is 4.80. The molecule has 1 aliphatic carbocycles. The maximum Gasteiger partial charge on any atom is 0.242 e. The van der Waals surface area contributed by atoms with Crippen LogP contribution in [-0.4, -0.2) is 54.4 Å². The maximum absolute atomic E-state index is 12.4. The van der Waals surface area contributed by atoms with E-state index in [1.807, 2.05) is 6.07 Å². The van der Waals surface area contributed by atoms with Gasteiger partial charge in [0, 0.05) is 26.7 Å². The van der Waals surface area contributed by atoms with Crippen LogP contribution in [0.25, 0.3) is 11.0 Å². The van der Waals surface area contributed by atoms with Crippen molar-refractivity contribution in [2.75, 3.05) is 21.1 Å². The van der Waals surface area contributed by atoms with Gasteiger partial charge in [0.25, 0.3) is 0 Å². The van der Waals surface area contributed by atoms with E-state index in [2.05, 4.69) is 23.4 Å². The van der Waals surface area contributed by atoms with Gasteiger partial charge in [-0.15, -0.1) is 0 Å². The number of aryl methyl sites for hydroxylation is 1. The highest BCUT2D eigenvalue weighted by atomic mass is 32.2. The molecule has 1 aromatic carbocycles. The molecule has 0 saturated heterocycles. The first-order chi connectivity index (χ1) is 12.3. The third kappa shape index (κ3) is 3.66. The predicted octanol–water partition coefficient (Wildman–Crippen LogP) is 3.07. The first kappa shape index (κ1) is 19.3. The van der Waals surface area contributed by atoms with Crippen molar-refractivity contribution >= 4 is 21.1 Å². The summed E-state index contributed by atoms with van der Waals surface area (Å²) in [5.74, 6) is 1.01. The van der Waals surface area contributed by atoms with Gasteiger partial charge in [0.2, 0.25) is 10.0 Å². The van der Waals surface area contributed by atoms with Gasteiger partial charge in [-0.05, 0) is 45.0 Å². The van der Waals surface area contributed by atoms with Crippen LogP contribution in [0, 0.1) is 0 Å². The Labute approximate surface area is 156 Å². The predicted molar refractivity (Wildman–Crippen MR) is 105 cm³/mol. The van der Waals surface area contributed by atoms with Gasteiger partial charge in [0.1, 0.15) is 5.82 Å². The molecule has 2 aromatic rings. The second-order valence-corrected chi connectivity index (χ2v) is 9.57. The summed E-state index contributed by atoms with van der Waals surface area (Å²) in [7, 11) is 1.83. The van der Waals surface area contributed by atoms with Crippen molar-refractivity contribution in [1.29, 1.82) is 0 Å². The molecule has 0 unspecified atom stereocenters. The van der Waals surface area contributed by atoms with Crippen LogP contribution in [0.5, 0.6) is 0 Å². The summed E-state index contributed by atoms with van der Waals surface area (Å²) >= 11 is 0. The highest BCUT2D eigenvalue weighted by Gasteiger charge is 2.22. The molecule has 1 heterocycles. The SMILES string of the molecule is CCn1c(CN(C)C2CCCCC2)nc2cc(S(=O)(=O)N(C)C)ccc21. The molecule has 0 bridgehead atoms. The van der Waals surface area contributed by atoms with E-state index in [4.69, 9.17) is 4.98 Å². The maximum atomic E-state index is 12.4. The van der Waals surface area contributed by atoms with Crippen molar-refractivity contribution in [3.8, 4) is 0 Å². The van der Waals surface area contributed by atoms with Gasteiger partial charge in [-0.25, -0.2) is 17.7 Å². The quantitative estimate of drug-likeness (QED) is 0.775. The number of nitrogens with zero attached hydrogens (tertiary/aromatic N) is 4. The van der Waals surface area contributed by atoms with E-state index < -0.39 is 10.0 Å². The Bertz CT molecular complexity index is 867. The Hall–Kier alpha value is -1.44. The lowest BCUT2D eigenvalue weighted by Gasteiger charge is -2.30. The van der Waals surface area contributed by atoms with E-state index in [1.165, 1.54) is 36.4 Å². The van der Waals surface area contributed by atoms with Crippen LogP contribution in [0.3, 0.4) is 0 Å². The zero-order chi connectivity index (χ0) is 18.9. The van der Waals surface area contributed by atoms with Gasteiger partial charge in [-0.3, -0.25) is 4.90 Å². The molecule has 0 atom stereocenters. The number of fused-ring (bicyclic) bond motifs is 1. The minimum absolute atomic E-state index is 0.294. The zero-order valence-electron chi connectivity index (χ0n) is 16.3. The molecule has 0 spiro atoms. The lowest BCUT2D eigenvalue weighted by atomic mass is 9.94. The van der Waals surface area contributed by atoms with Crippen LogP contribution in [0.15, 0.2) is 23.1 Å². The fraction of sp³-hybridized carbons (Fsp3) is 0.632. The van der Waals surface area contributed by atoms with Crippen molar-refractivity contribution < 1.29 is 8.42 Å². The van der Waals surface area contributed by atoms with Crippen LogP contribution in [0.2, 0.25) is 0 Å². The van der Waals surface area contributed by atoms with Crippen molar-refractivity contribution in [2.24, 2.45) is 0 Å². The summed E-state index contributed by atoms with van der Waals surface area (Å²) in [4.78, 5) is 7.49. The van der Waals surface area contributed by atoms with Crippen LogP contribution in [0.1, 0.15) is 44.9 Å². The van der Waals surface area contributed by atoms with Gasteiger partial charge in [-0.1, -0.05) is 19.3 Å². The molecular formula is C19H30N4O2S. The largest absolute Gasteiger partial charge is 0.327 e. The molecule has 0 amide bonds. The normalized spacial score (nSPS) is 16.8. The van der Waals surface area contributed by atoms with Gasteiger partial charge < -0.3 is 4.57 Å². The standard InChI is InChI=1S/C19H30N4O2S/c1-5-23-18-12-11-16(26(24,25)21(2)3)13-17(18)20-19(23)14-22(4)15-9-7-6-8-10-15/h11-13,15H,5-10,14H2,1-4H3. The summed E-state index contributed by atoms with van der Waals surface area (Å²) in [5, 5.41) is 0. The van der Waals surface area contributed by atoms with E-state index in [-0.39, 0.29) is 0 Å². The summed E-state index contributed by atoms with van der Waals surface area (Å²) in [6, 6.07) is 5.88. The highest BCUT2D eigenvalue weighted by Crippen LogP contribution is 2.25. The van der Waals surface area contributed by atoms with Crippen molar-refractivity contribution in [2.45, 2.75) is 63.1 Å². The molecule has 1 saturated carbocycles. The number of aromatic nitrogens is 2. The van der Waals surface area contributed by atoms with E-state index in [1.54, 1.807) is 26.2 Å². The summed E-state index contributed by atoms with van der Waals surface area (Å²) in [6.45, 7) is 3.72. The molecule has 26 heavy (non-hydrogen) atoms. The van der Waals surface area contributed by atoms with E-state index in [0.29, 0.717) is 10.9 Å². The number of sulfonamides is 1. The number of benzene rings is 1. The summed E-state index contributed by atoms with van der Waals surface area (Å²) in [6.07, 6.45) is 6.49. The molecule has 1 aromatic heterocycles.